The van der Waals surface area contributed by atoms with Crippen molar-refractivity contribution in [2.24, 2.45) is 0 Å². The van der Waals surface area contributed by atoms with E-state index in [1.807, 2.05) is 6.07 Å². The molecule has 0 fully saturated rings. The largest absolute Gasteiger partial charge is 0.301 e. The molecule has 0 saturated carbocycles. The van der Waals surface area contributed by atoms with E-state index in [4.69, 9.17) is 11.6 Å². The van der Waals surface area contributed by atoms with E-state index in [9.17, 15) is 13.6 Å². The Kier molecular flexibility index (Phi) is 6.07. The molecule has 152 valence electrons. The molecular formula is C19H12ClF2N5OS2. The van der Waals surface area contributed by atoms with Crippen LogP contribution in [-0.4, -0.2) is 31.4 Å². The predicted molar refractivity (Wildman–Crippen MR) is 113 cm³/mol. The SMILES string of the molecule is O=C(CSc1nncn1-c1cccc(Cl)c1)Nc1nc(-c2cc(F)ccc2F)cs1. The number of aromatic nitrogens is 4. The predicted octanol–water partition coefficient (Wildman–Crippen LogP) is 5.05. The summed E-state index contributed by atoms with van der Waals surface area (Å²) >= 11 is 8.34. The van der Waals surface area contributed by atoms with E-state index in [1.165, 1.54) is 18.1 Å². The number of hydrogen-bond donors (Lipinski definition) is 1. The van der Waals surface area contributed by atoms with Gasteiger partial charge in [0.05, 0.1) is 17.1 Å². The number of anilines is 1. The molecule has 11 heteroatoms. The van der Waals surface area contributed by atoms with Crippen LogP contribution in [0, 0.1) is 11.6 Å². The van der Waals surface area contributed by atoms with Gasteiger partial charge in [-0.25, -0.2) is 13.8 Å². The molecule has 0 radical (unpaired) electrons. The molecule has 2 aromatic heterocycles. The Morgan fingerprint density at radius 2 is 2.10 bits per heavy atom. The van der Waals surface area contributed by atoms with E-state index in [0.29, 0.717) is 10.2 Å². The molecule has 4 rings (SSSR count). The van der Waals surface area contributed by atoms with Gasteiger partial charge in [-0.3, -0.25) is 9.36 Å². The molecule has 0 saturated heterocycles. The molecule has 0 bridgehead atoms. The number of rotatable bonds is 6. The van der Waals surface area contributed by atoms with Gasteiger partial charge in [0.2, 0.25) is 5.91 Å². The summed E-state index contributed by atoms with van der Waals surface area (Å²) in [4.78, 5) is 16.5. The Morgan fingerprint density at radius 3 is 2.93 bits per heavy atom. The van der Waals surface area contributed by atoms with E-state index < -0.39 is 11.6 Å². The Labute approximate surface area is 182 Å². The van der Waals surface area contributed by atoms with Crippen molar-refractivity contribution >= 4 is 45.7 Å². The highest BCUT2D eigenvalue weighted by molar-refractivity contribution is 7.99. The maximum Gasteiger partial charge on any atom is 0.236 e. The molecular weight excluding hydrogens is 452 g/mol. The van der Waals surface area contributed by atoms with Crippen LogP contribution < -0.4 is 5.32 Å². The normalized spacial score (nSPS) is 10.9. The van der Waals surface area contributed by atoms with Crippen LogP contribution >= 0.6 is 34.7 Å². The smallest absolute Gasteiger partial charge is 0.236 e. The van der Waals surface area contributed by atoms with Gasteiger partial charge >= 0.3 is 0 Å². The van der Waals surface area contributed by atoms with Crippen LogP contribution in [-0.2, 0) is 4.79 Å². The molecule has 0 aliphatic rings. The molecule has 6 nitrogen and oxygen atoms in total. The molecule has 0 unspecified atom stereocenters. The van der Waals surface area contributed by atoms with Gasteiger partial charge in [0.15, 0.2) is 10.3 Å². The van der Waals surface area contributed by atoms with Crippen LogP contribution in [0.4, 0.5) is 13.9 Å². The van der Waals surface area contributed by atoms with Gasteiger partial charge in [-0.2, -0.15) is 0 Å². The zero-order chi connectivity index (χ0) is 21.1. The molecule has 2 heterocycles. The summed E-state index contributed by atoms with van der Waals surface area (Å²) < 4.78 is 29.0. The van der Waals surface area contributed by atoms with Crippen molar-refractivity contribution in [3.8, 4) is 16.9 Å². The van der Waals surface area contributed by atoms with E-state index >= 15 is 0 Å². The zero-order valence-electron chi connectivity index (χ0n) is 15.1. The van der Waals surface area contributed by atoms with Crippen LogP contribution in [0.1, 0.15) is 0 Å². The summed E-state index contributed by atoms with van der Waals surface area (Å²) in [5, 5.41) is 13.5. The number of amides is 1. The number of halogens is 3. The molecule has 0 spiro atoms. The molecule has 1 amide bonds. The standard InChI is InChI=1S/C19H12ClF2N5OS2/c20-11-2-1-3-13(6-11)27-10-23-26-19(27)30-9-17(28)25-18-24-16(8-29-18)14-7-12(21)4-5-15(14)22/h1-8,10H,9H2,(H,24,25,28). The highest BCUT2D eigenvalue weighted by Crippen LogP contribution is 2.28. The lowest BCUT2D eigenvalue weighted by atomic mass is 10.1. The van der Waals surface area contributed by atoms with E-state index in [1.54, 1.807) is 28.1 Å². The number of benzene rings is 2. The summed E-state index contributed by atoms with van der Waals surface area (Å²) in [5.41, 5.74) is 1.06. The maximum atomic E-state index is 13.9. The van der Waals surface area contributed by atoms with Gasteiger partial charge in [-0.15, -0.1) is 21.5 Å². The maximum absolute atomic E-state index is 13.9. The van der Waals surface area contributed by atoms with E-state index in [2.05, 4.69) is 20.5 Å². The fourth-order valence-corrected chi connectivity index (χ4v) is 4.20. The number of carbonyl (C=O) groups excluding carboxylic acids is 1. The Hall–Kier alpha value is -2.82. The van der Waals surface area contributed by atoms with Crippen molar-refractivity contribution in [3.05, 3.63) is 70.8 Å². The summed E-state index contributed by atoms with van der Waals surface area (Å²) in [6, 6.07) is 10.3. The van der Waals surface area contributed by atoms with Gasteiger partial charge in [-0.05, 0) is 36.4 Å². The summed E-state index contributed by atoms with van der Waals surface area (Å²) in [7, 11) is 0. The minimum absolute atomic E-state index is 0.0377. The van der Waals surface area contributed by atoms with Crippen molar-refractivity contribution in [2.75, 3.05) is 11.1 Å². The fraction of sp³-hybridized carbons (Fsp3) is 0.0526. The highest BCUT2D eigenvalue weighted by atomic mass is 35.5. The van der Waals surface area contributed by atoms with E-state index in [0.717, 1.165) is 35.2 Å². The Bertz CT molecular complexity index is 1210. The van der Waals surface area contributed by atoms with Crippen molar-refractivity contribution in [3.63, 3.8) is 0 Å². The van der Waals surface area contributed by atoms with Crippen LogP contribution in [0.5, 0.6) is 0 Å². The minimum atomic E-state index is -0.588. The topological polar surface area (TPSA) is 72.7 Å². The Balaban J connectivity index is 1.40. The summed E-state index contributed by atoms with van der Waals surface area (Å²) in [5.74, 6) is -1.41. The van der Waals surface area contributed by atoms with Gasteiger partial charge in [-0.1, -0.05) is 29.4 Å². The second kappa shape index (κ2) is 8.90. The number of carbonyl (C=O) groups is 1. The fourth-order valence-electron chi connectivity index (χ4n) is 2.56. The number of hydrogen-bond acceptors (Lipinski definition) is 6. The lowest BCUT2D eigenvalue weighted by Gasteiger charge is -2.06. The third-order valence-corrected chi connectivity index (χ3v) is 5.83. The van der Waals surface area contributed by atoms with Gasteiger partial charge < -0.3 is 5.32 Å². The monoisotopic (exact) mass is 463 g/mol. The number of nitrogens with zero attached hydrogens (tertiary/aromatic N) is 4. The molecule has 30 heavy (non-hydrogen) atoms. The molecule has 2 aromatic carbocycles. The molecule has 0 aliphatic heterocycles. The molecule has 1 N–H and O–H groups in total. The van der Waals surface area contributed by atoms with E-state index in [-0.39, 0.29) is 28.0 Å². The molecule has 0 atom stereocenters. The van der Waals surface area contributed by atoms with Gasteiger partial charge in [0, 0.05) is 16.0 Å². The highest BCUT2D eigenvalue weighted by Gasteiger charge is 2.14. The first-order chi connectivity index (χ1) is 14.5. The van der Waals surface area contributed by atoms with Gasteiger partial charge in [0.1, 0.15) is 18.0 Å². The first-order valence-corrected chi connectivity index (χ1v) is 10.7. The first-order valence-electron chi connectivity index (χ1n) is 8.49. The van der Waals surface area contributed by atoms with Crippen molar-refractivity contribution < 1.29 is 13.6 Å². The summed E-state index contributed by atoms with van der Waals surface area (Å²) in [6.45, 7) is 0. The average molecular weight is 464 g/mol. The minimum Gasteiger partial charge on any atom is -0.301 e. The summed E-state index contributed by atoms with van der Waals surface area (Å²) in [6.07, 6.45) is 1.53. The van der Waals surface area contributed by atoms with Crippen LogP contribution in [0.3, 0.4) is 0 Å². The zero-order valence-corrected chi connectivity index (χ0v) is 17.4. The quantitative estimate of drug-likeness (QED) is 0.405. The lowest BCUT2D eigenvalue weighted by molar-refractivity contribution is -0.113. The van der Waals surface area contributed by atoms with Crippen molar-refractivity contribution in [1.82, 2.24) is 19.7 Å². The second-order valence-electron chi connectivity index (χ2n) is 5.96. The first kappa shape index (κ1) is 20.5. The van der Waals surface area contributed by atoms with Crippen molar-refractivity contribution in [1.29, 1.82) is 0 Å². The third-order valence-electron chi connectivity index (χ3n) is 3.89. The molecule has 4 aromatic rings. The number of nitrogens with one attached hydrogen (secondary N) is 1. The van der Waals surface area contributed by atoms with Crippen LogP contribution in [0.25, 0.3) is 16.9 Å². The van der Waals surface area contributed by atoms with Crippen molar-refractivity contribution in [2.45, 2.75) is 5.16 Å². The van der Waals surface area contributed by atoms with Gasteiger partial charge in [0.25, 0.3) is 0 Å². The van der Waals surface area contributed by atoms with Crippen LogP contribution in [0.15, 0.2) is 59.3 Å². The third kappa shape index (κ3) is 4.66. The Morgan fingerprint density at radius 1 is 1.23 bits per heavy atom. The van der Waals surface area contributed by atoms with Crippen LogP contribution in [0.2, 0.25) is 5.02 Å². The average Bonchev–Trinajstić information content (AvgIpc) is 3.38. The lowest BCUT2D eigenvalue weighted by Crippen LogP contribution is -2.14. The molecule has 0 aliphatic carbocycles. The second-order valence-corrected chi connectivity index (χ2v) is 8.20. The number of thioether (sulfide) groups is 1. The number of thiazole rings is 1.